The van der Waals surface area contributed by atoms with Gasteiger partial charge in [-0.3, -0.25) is 4.79 Å². The molecule has 140 valence electrons. The lowest BCUT2D eigenvalue weighted by molar-refractivity contribution is 0.0958. The fourth-order valence-corrected chi connectivity index (χ4v) is 3.18. The molecular weight excluding hydrogens is 369 g/mol. The summed E-state index contributed by atoms with van der Waals surface area (Å²) in [6.07, 6.45) is 0.629. The summed E-state index contributed by atoms with van der Waals surface area (Å²) in [6, 6.07) is 11.4. The summed E-state index contributed by atoms with van der Waals surface area (Å²) in [5.41, 5.74) is 2.10. The van der Waals surface area contributed by atoms with E-state index in [9.17, 15) is 9.18 Å². The van der Waals surface area contributed by atoms with Gasteiger partial charge in [0.05, 0.1) is 14.2 Å². The zero-order valence-corrected chi connectivity index (χ0v) is 15.7. The maximum atomic E-state index is 13.1. The molecule has 0 bridgehead atoms. The molecule has 0 aliphatic rings. The number of carbonyl (C=O) groups excluding carboxylic acids is 1. The molecule has 0 unspecified atom stereocenters. The largest absolute Gasteiger partial charge is 0.493 e. The van der Waals surface area contributed by atoms with E-state index in [2.05, 4.69) is 14.9 Å². The van der Waals surface area contributed by atoms with Gasteiger partial charge >= 0.3 is 0 Å². The first kappa shape index (κ1) is 18.8. The summed E-state index contributed by atoms with van der Waals surface area (Å²) in [6.45, 7) is 0.440. The van der Waals surface area contributed by atoms with Crippen LogP contribution in [-0.2, 0) is 6.42 Å². The Morgan fingerprint density at radius 2 is 1.85 bits per heavy atom. The number of amides is 1. The summed E-state index contributed by atoms with van der Waals surface area (Å²) in [5.74, 6) is 0.698. The number of hydrogen-bond donors (Lipinski definition) is 1. The predicted molar refractivity (Wildman–Crippen MR) is 101 cm³/mol. The second-order valence-electron chi connectivity index (χ2n) is 5.65. The topological polar surface area (TPSA) is 73.3 Å². The molecule has 8 heteroatoms. The average molecular weight is 387 g/mol. The number of hydrogen-bond acceptors (Lipinski definition) is 6. The maximum Gasteiger partial charge on any atom is 0.265 e. The smallest absolute Gasteiger partial charge is 0.265 e. The Morgan fingerprint density at radius 3 is 2.56 bits per heavy atom. The maximum absolute atomic E-state index is 13.1. The molecule has 2 aromatic carbocycles. The summed E-state index contributed by atoms with van der Waals surface area (Å²) in [5, 5.41) is 6.87. The Kier molecular flexibility index (Phi) is 5.97. The number of carbonyl (C=O) groups is 1. The zero-order valence-electron chi connectivity index (χ0n) is 14.9. The third-order valence-corrected chi connectivity index (χ3v) is 4.68. The molecule has 0 atom stereocenters. The van der Waals surface area contributed by atoms with Gasteiger partial charge in [-0.25, -0.2) is 4.39 Å². The fraction of sp³-hybridized carbons (Fsp3) is 0.211. The average Bonchev–Trinajstić information content (AvgIpc) is 3.18. The van der Waals surface area contributed by atoms with E-state index in [-0.39, 0.29) is 11.7 Å². The van der Waals surface area contributed by atoms with E-state index in [1.165, 1.54) is 12.1 Å². The van der Waals surface area contributed by atoms with Crippen LogP contribution in [0.2, 0.25) is 0 Å². The van der Waals surface area contributed by atoms with Gasteiger partial charge in [0.25, 0.3) is 5.91 Å². The van der Waals surface area contributed by atoms with Crippen molar-refractivity contribution in [1.82, 2.24) is 14.9 Å². The molecule has 1 amide bonds. The summed E-state index contributed by atoms with van der Waals surface area (Å²) in [4.78, 5) is 12.9. The molecule has 0 spiro atoms. The van der Waals surface area contributed by atoms with Crippen molar-refractivity contribution in [1.29, 1.82) is 0 Å². The van der Waals surface area contributed by atoms with E-state index in [0.717, 1.165) is 17.1 Å². The van der Waals surface area contributed by atoms with Crippen LogP contribution in [0.15, 0.2) is 42.5 Å². The molecule has 0 radical (unpaired) electrons. The summed E-state index contributed by atoms with van der Waals surface area (Å²) in [7, 11) is 3.16. The van der Waals surface area contributed by atoms with Crippen molar-refractivity contribution in [3.8, 4) is 22.8 Å². The van der Waals surface area contributed by atoms with Gasteiger partial charge in [0, 0.05) is 12.1 Å². The zero-order chi connectivity index (χ0) is 19.2. The minimum atomic E-state index is -0.345. The minimum Gasteiger partial charge on any atom is -0.493 e. The first-order valence-corrected chi connectivity index (χ1v) is 8.97. The highest BCUT2D eigenvalue weighted by atomic mass is 32.1. The van der Waals surface area contributed by atoms with Crippen molar-refractivity contribution < 1.29 is 18.7 Å². The lowest BCUT2D eigenvalue weighted by Crippen LogP contribution is -2.25. The van der Waals surface area contributed by atoms with E-state index in [1.807, 2.05) is 18.2 Å². The number of ether oxygens (including phenoxy) is 2. The first-order valence-electron chi connectivity index (χ1n) is 8.19. The number of benzene rings is 2. The van der Waals surface area contributed by atoms with E-state index in [1.54, 1.807) is 26.4 Å². The number of nitrogens with zero attached hydrogens (tertiary/aromatic N) is 2. The van der Waals surface area contributed by atoms with Gasteiger partial charge in [0.2, 0.25) is 0 Å². The van der Waals surface area contributed by atoms with Gasteiger partial charge in [-0.15, -0.1) is 5.10 Å². The number of rotatable bonds is 7. The van der Waals surface area contributed by atoms with Crippen LogP contribution in [0.25, 0.3) is 11.3 Å². The Hall–Kier alpha value is -3.00. The number of aromatic nitrogens is 2. The van der Waals surface area contributed by atoms with Gasteiger partial charge < -0.3 is 14.8 Å². The van der Waals surface area contributed by atoms with Gasteiger partial charge in [0.1, 0.15) is 16.4 Å². The normalized spacial score (nSPS) is 10.5. The Morgan fingerprint density at radius 1 is 1.11 bits per heavy atom. The quantitative estimate of drug-likeness (QED) is 0.673. The molecule has 0 saturated carbocycles. The van der Waals surface area contributed by atoms with Crippen LogP contribution in [0.5, 0.6) is 11.5 Å². The van der Waals surface area contributed by atoms with Crippen molar-refractivity contribution in [3.63, 3.8) is 0 Å². The van der Waals surface area contributed by atoms with Gasteiger partial charge in [-0.05, 0) is 59.9 Å². The third kappa shape index (κ3) is 4.40. The summed E-state index contributed by atoms with van der Waals surface area (Å²) < 4.78 is 27.4. The van der Waals surface area contributed by atoms with E-state index < -0.39 is 0 Å². The third-order valence-electron chi connectivity index (χ3n) is 3.96. The molecule has 3 aromatic rings. The van der Waals surface area contributed by atoms with Crippen molar-refractivity contribution >= 4 is 17.4 Å². The molecule has 6 nitrogen and oxygen atoms in total. The monoisotopic (exact) mass is 387 g/mol. The molecule has 0 aliphatic heterocycles. The minimum absolute atomic E-state index is 0.259. The second-order valence-corrected chi connectivity index (χ2v) is 6.41. The van der Waals surface area contributed by atoms with Gasteiger partial charge in [0.15, 0.2) is 11.5 Å². The van der Waals surface area contributed by atoms with Crippen molar-refractivity contribution in [3.05, 3.63) is 58.7 Å². The van der Waals surface area contributed by atoms with Crippen LogP contribution < -0.4 is 14.8 Å². The Bertz CT molecular complexity index is 928. The van der Waals surface area contributed by atoms with E-state index >= 15 is 0 Å². The molecule has 0 saturated heterocycles. The Labute approximate surface area is 160 Å². The van der Waals surface area contributed by atoms with Crippen LogP contribution >= 0.6 is 11.5 Å². The van der Waals surface area contributed by atoms with Gasteiger partial charge in [-0.2, -0.15) is 0 Å². The first-order chi connectivity index (χ1) is 13.1. The van der Waals surface area contributed by atoms with Crippen molar-refractivity contribution in [2.45, 2.75) is 6.42 Å². The molecule has 1 N–H and O–H groups in total. The number of nitrogens with one attached hydrogen (secondary N) is 1. The summed E-state index contributed by atoms with van der Waals surface area (Å²) >= 11 is 1.01. The van der Waals surface area contributed by atoms with E-state index in [0.29, 0.717) is 40.6 Å². The molecule has 0 fully saturated rings. The van der Waals surface area contributed by atoms with E-state index in [4.69, 9.17) is 9.47 Å². The SMILES string of the molecule is COc1ccc(CCNC(=O)c2snnc2-c2ccc(F)cc2)cc1OC. The number of methoxy groups -OCH3 is 2. The van der Waals surface area contributed by atoms with Crippen molar-refractivity contribution in [2.24, 2.45) is 0 Å². The molecule has 1 aromatic heterocycles. The molecule has 27 heavy (non-hydrogen) atoms. The lowest BCUT2D eigenvalue weighted by atomic mass is 10.1. The fourth-order valence-electron chi connectivity index (χ4n) is 2.57. The predicted octanol–water partition coefficient (Wildman–Crippen LogP) is 3.33. The van der Waals surface area contributed by atoms with Crippen LogP contribution in [0.1, 0.15) is 15.2 Å². The highest BCUT2D eigenvalue weighted by molar-refractivity contribution is 7.08. The highest BCUT2D eigenvalue weighted by Gasteiger charge is 2.17. The molecular formula is C19H18FN3O3S. The lowest BCUT2D eigenvalue weighted by Gasteiger charge is -2.10. The Balaban J connectivity index is 1.64. The second kappa shape index (κ2) is 8.59. The number of halogens is 1. The standard InChI is InChI=1S/C19H18FN3O3S/c1-25-15-8-3-12(11-16(15)26-2)9-10-21-19(24)18-17(22-23-27-18)13-4-6-14(20)7-5-13/h3-8,11H,9-10H2,1-2H3,(H,21,24). The van der Waals surface area contributed by atoms with Crippen LogP contribution in [0.4, 0.5) is 4.39 Å². The van der Waals surface area contributed by atoms with Gasteiger partial charge in [-0.1, -0.05) is 10.6 Å². The molecule has 3 rings (SSSR count). The van der Waals surface area contributed by atoms with Crippen LogP contribution in [0.3, 0.4) is 0 Å². The van der Waals surface area contributed by atoms with Crippen LogP contribution in [0, 0.1) is 5.82 Å². The molecule has 0 aliphatic carbocycles. The highest BCUT2D eigenvalue weighted by Crippen LogP contribution is 2.28. The van der Waals surface area contributed by atoms with Crippen LogP contribution in [-0.4, -0.2) is 36.3 Å². The van der Waals surface area contributed by atoms with Crippen molar-refractivity contribution in [2.75, 3.05) is 20.8 Å². The molecule has 1 heterocycles.